The maximum atomic E-state index is 13.6. The summed E-state index contributed by atoms with van der Waals surface area (Å²) in [6.07, 6.45) is 0.111. The highest BCUT2D eigenvalue weighted by molar-refractivity contribution is 5.99. The van der Waals surface area contributed by atoms with Crippen molar-refractivity contribution in [3.63, 3.8) is 0 Å². The monoisotopic (exact) mass is 273 g/mol. The number of carbonyl (C=O) groups excluding carboxylic acids is 1. The standard InChI is InChI=1S/C12H13F2NO4/c1-3-8(12(17)18)15-11(16)9-6(13)4-5-7(14)10(9)19-2/h4-5,8H,3H2,1-2H3,(H,15,16)(H,17,18). The summed E-state index contributed by atoms with van der Waals surface area (Å²) in [6, 6.07) is 0.411. The quantitative estimate of drug-likeness (QED) is 0.853. The van der Waals surface area contributed by atoms with Gasteiger partial charge in [0, 0.05) is 0 Å². The molecular formula is C12H13F2NO4. The van der Waals surface area contributed by atoms with Crippen molar-refractivity contribution >= 4 is 11.9 Å². The van der Waals surface area contributed by atoms with Gasteiger partial charge in [0.05, 0.1) is 7.11 Å². The molecule has 1 aromatic rings. The normalized spacial score (nSPS) is 11.8. The van der Waals surface area contributed by atoms with Crippen LogP contribution in [0.5, 0.6) is 5.75 Å². The lowest BCUT2D eigenvalue weighted by molar-refractivity contribution is -0.139. The fourth-order valence-corrected chi connectivity index (χ4v) is 1.51. The molecule has 1 aromatic carbocycles. The van der Waals surface area contributed by atoms with Gasteiger partial charge in [-0.3, -0.25) is 4.79 Å². The number of amides is 1. The molecule has 1 rings (SSSR count). The van der Waals surface area contributed by atoms with Crippen LogP contribution in [-0.4, -0.2) is 30.1 Å². The van der Waals surface area contributed by atoms with Crippen LogP contribution in [-0.2, 0) is 4.79 Å². The van der Waals surface area contributed by atoms with E-state index in [1.54, 1.807) is 0 Å². The van der Waals surface area contributed by atoms with Crippen molar-refractivity contribution in [1.82, 2.24) is 5.32 Å². The van der Waals surface area contributed by atoms with E-state index < -0.39 is 40.9 Å². The Balaban J connectivity index is 3.12. The molecule has 0 heterocycles. The van der Waals surface area contributed by atoms with E-state index >= 15 is 0 Å². The predicted molar refractivity (Wildman–Crippen MR) is 62.1 cm³/mol. The minimum Gasteiger partial charge on any atom is -0.493 e. The molecule has 1 atom stereocenters. The van der Waals surface area contributed by atoms with Gasteiger partial charge in [0.15, 0.2) is 11.6 Å². The summed E-state index contributed by atoms with van der Waals surface area (Å²) in [5, 5.41) is 10.9. The Bertz CT molecular complexity index is 505. The molecular weight excluding hydrogens is 260 g/mol. The van der Waals surface area contributed by atoms with Crippen LogP contribution in [0.3, 0.4) is 0 Å². The number of carboxylic acids is 1. The van der Waals surface area contributed by atoms with Gasteiger partial charge in [0.1, 0.15) is 17.4 Å². The largest absolute Gasteiger partial charge is 0.493 e. The Morgan fingerprint density at radius 1 is 1.37 bits per heavy atom. The predicted octanol–water partition coefficient (Wildman–Crippen LogP) is 1.57. The Labute approximate surface area is 108 Å². The third-order valence-corrected chi connectivity index (χ3v) is 2.50. The molecule has 2 N–H and O–H groups in total. The zero-order chi connectivity index (χ0) is 14.6. The molecule has 0 bridgehead atoms. The second kappa shape index (κ2) is 6.12. The highest BCUT2D eigenvalue weighted by Gasteiger charge is 2.25. The molecule has 0 aliphatic heterocycles. The Hall–Kier alpha value is -2.18. The molecule has 0 saturated carbocycles. The number of carbonyl (C=O) groups is 2. The third kappa shape index (κ3) is 3.18. The topological polar surface area (TPSA) is 75.6 Å². The number of benzene rings is 1. The molecule has 0 aliphatic carbocycles. The highest BCUT2D eigenvalue weighted by Crippen LogP contribution is 2.25. The second-order valence-electron chi connectivity index (χ2n) is 3.71. The van der Waals surface area contributed by atoms with Gasteiger partial charge < -0.3 is 15.2 Å². The molecule has 7 heteroatoms. The first kappa shape index (κ1) is 14.9. The molecule has 0 saturated heterocycles. The van der Waals surface area contributed by atoms with Gasteiger partial charge in [-0.15, -0.1) is 0 Å². The molecule has 1 unspecified atom stereocenters. The van der Waals surface area contributed by atoms with Gasteiger partial charge in [-0.1, -0.05) is 6.92 Å². The van der Waals surface area contributed by atoms with Gasteiger partial charge in [-0.05, 0) is 18.6 Å². The van der Waals surface area contributed by atoms with Crippen molar-refractivity contribution in [2.75, 3.05) is 7.11 Å². The van der Waals surface area contributed by atoms with Crippen LogP contribution in [0.2, 0.25) is 0 Å². The summed E-state index contributed by atoms with van der Waals surface area (Å²) in [5.41, 5.74) is -0.651. The van der Waals surface area contributed by atoms with E-state index in [1.807, 2.05) is 0 Å². The molecule has 19 heavy (non-hydrogen) atoms. The number of hydrogen-bond donors (Lipinski definition) is 2. The number of hydrogen-bond acceptors (Lipinski definition) is 3. The average molecular weight is 273 g/mol. The number of halogens is 2. The fraction of sp³-hybridized carbons (Fsp3) is 0.333. The lowest BCUT2D eigenvalue weighted by atomic mass is 10.1. The second-order valence-corrected chi connectivity index (χ2v) is 3.71. The molecule has 104 valence electrons. The van der Waals surface area contributed by atoms with Gasteiger partial charge in [-0.2, -0.15) is 0 Å². The van der Waals surface area contributed by atoms with E-state index in [4.69, 9.17) is 5.11 Å². The van der Waals surface area contributed by atoms with Gasteiger partial charge in [-0.25, -0.2) is 13.6 Å². The fourth-order valence-electron chi connectivity index (χ4n) is 1.51. The Morgan fingerprint density at radius 2 is 1.95 bits per heavy atom. The van der Waals surface area contributed by atoms with E-state index in [-0.39, 0.29) is 6.42 Å². The summed E-state index contributed by atoms with van der Waals surface area (Å²) in [5.74, 6) is -4.75. The van der Waals surface area contributed by atoms with Crippen molar-refractivity contribution in [2.24, 2.45) is 0 Å². The Morgan fingerprint density at radius 3 is 2.42 bits per heavy atom. The number of aliphatic carboxylic acids is 1. The summed E-state index contributed by atoms with van der Waals surface area (Å²) < 4.78 is 31.6. The van der Waals surface area contributed by atoms with Crippen molar-refractivity contribution < 1.29 is 28.2 Å². The van der Waals surface area contributed by atoms with Crippen molar-refractivity contribution in [1.29, 1.82) is 0 Å². The first-order chi connectivity index (χ1) is 8.92. The smallest absolute Gasteiger partial charge is 0.326 e. The molecule has 0 aliphatic rings. The lowest BCUT2D eigenvalue weighted by Crippen LogP contribution is -2.40. The van der Waals surface area contributed by atoms with Crippen LogP contribution in [0, 0.1) is 11.6 Å². The minimum atomic E-state index is -1.26. The molecule has 0 fully saturated rings. The number of ether oxygens (including phenoxy) is 1. The molecule has 5 nitrogen and oxygen atoms in total. The first-order valence-corrected chi connectivity index (χ1v) is 5.48. The maximum absolute atomic E-state index is 13.6. The summed E-state index contributed by atoms with van der Waals surface area (Å²) >= 11 is 0. The summed E-state index contributed by atoms with van der Waals surface area (Å²) in [4.78, 5) is 22.6. The van der Waals surface area contributed by atoms with E-state index in [9.17, 15) is 18.4 Å². The van der Waals surface area contributed by atoms with E-state index in [1.165, 1.54) is 6.92 Å². The van der Waals surface area contributed by atoms with Crippen LogP contribution in [0.15, 0.2) is 12.1 Å². The van der Waals surface area contributed by atoms with Crippen molar-refractivity contribution in [2.45, 2.75) is 19.4 Å². The van der Waals surface area contributed by atoms with Gasteiger partial charge >= 0.3 is 5.97 Å². The van der Waals surface area contributed by atoms with Crippen molar-refractivity contribution in [3.05, 3.63) is 29.3 Å². The number of nitrogens with one attached hydrogen (secondary N) is 1. The number of carboxylic acid groups (broad SMARTS) is 1. The third-order valence-electron chi connectivity index (χ3n) is 2.50. The molecule has 1 amide bonds. The summed E-state index contributed by atoms with van der Waals surface area (Å²) in [6.45, 7) is 1.54. The highest BCUT2D eigenvalue weighted by atomic mass is 19.1. The molecule has 0 spiro atoms. The Kier molecular flexibility index (Phi) is 4.80. The van der Waals surface area contributed by atoms with Gasteiger partial charge in [0.2, 0.25) is 0 Å². The minimum absolute atomic E-state index is 0.111. The van der Waals surface area contributed by atoms with Crippen LogP contribution in [0.1, 0.15) is 23.7 Å². The first-order valence-electron chi connectivity index (χ1n) is 5.48. The average Bonchev–Trinajstić information content (AvgIpc) is 2.37. The van der Waals surface area contributed by atoms with Crippen LogP contribution in [0.4, 0.5) is 8.78 Å². The van der Waals surface area contributed by atoms with Crippen LogP contribution < -0.4 is 10.1 Å². The zero-order valence-corrected chi connectivity index (χ0v) is 10.4. The van der Waals surface area contributed by atoms with E-state index in [0.717, 1.165) is 19.2 Å². The number of methoxy groups -OCH3 is 1. The molecule has 0 aromatic heterocycles. The lowest BCUT2D eigenvalue weighted by Gasteiger charge is -2.14. The molecule has 0 radical (unpaired) electrons. The van der Waals surface area contributed by atoms with E-state index in [0.29, 0.717) is 0 Å². The summed E-state index contributed by atoms with van der Waals surface area (Å²) in [7, 11) is 1.09. The van der Waals surface area contributed by atoms with E-state index in [2.05, 4.69) is 10.1 Å². The van der Waals surface area contributed by atoms with Crippen LogP contribution >= 0.6 is 0 Å². The number of rotatable bonds is 5. The van der Waals surface area contributed by atoms with Gasteiger partial charge in [0.25, 0.3) is 5.91 Å². The SMILES string of the molecule is CCC(NC(=O)c1c(F)ccc(F)c1OC)C(=O)O. The van der Waals surface area contributed by atoms with Crippen LogP contribution in [0.25, 0.3) is 0 Å². The maximum Gasteiger partial charge on any atom is 0.326 e. The zero-order valence-electron chi connectivity index (χ0n) is 10.4. The van der Waals surface area contributed by atoms with Crippen molar-refractivity contribution in [3.8, 4) is 5.75 Å².